The highest BCUT2D eigenvalue weighted by Crippen LogP contribution is 2.26. The summed E-state index contributed by atoms with van der Waals surface area (Å²) in [6.07, 6.45) is 1.54. The van der Waals surface area contributed by atoms with Crippen molar-refractivity contribution in [2.75, 3.05) is 23.3 Å². The number of nitrogens with one attached hydrogen (secondary N) is 1. The van der Waals surface area contributed by atoms with Gasteiger partial charge in [0.2, 0.25) is 5.91 Å². The van der Waals surface area contributed by atoms with Crippen molar-refractivity contribution < 1.29 is 9.59 Å². The Kier molecular flexibility index (Phi) is 5.67. The predicted octanol–water partition coefficient (Wildman–Crippen LogP) is 4.26. The number of benzene rings is 1. The van der Waals surface area contributed by atoms with Crippen LogP contribution in [0.25, 0.3) is 10.6 Å². The van der Waals surface area contributed by atoms with Gasteiger partial charge < -0.3 is 10.2 Å². The fraction of sp³-hybridized carbons (Fsp3) is 0.273. The van der Waals surface area contributed by atoms with Crippen molar-refractivity contribution in [1.82, 2.24) is 10.2 Å². The molecule has 4 rings (SSSR count). The Morgan fingerprint density at radius 2 is 1.79 bits per heavy atom. The molecule has 29 heavy (non-hydrogen) atoms. The number of aromatic nitrogens is 2. The molecule has 3 heterocycles. The molecule has 0 radical (unpaired) electrons. The summed E-state index contributed by atoms with van der Waals surface area (Å²) in [5.41, 5.74) is 2.24. The van der Waals surface area contributed by atoms with Crippen molar-refractivity contribution in [2.24, 2.45) is 5.92 Å². The molecule has 0 saturated carbocycles. The van der Waals surface area contributed by atoms with Gasteiger partial charge >= 0.3 is 0 Å². The quantitative estimate of drug-likeness (QED) is 0.641. The fourth-order valence-electron chi connectivity index (χ4n) is 3.45. The van der Waals surface area contributed by atoms with Crippen LogP contribution in [0.15, 0.2) is 53.9 Å². The molecule has 0 unspecified atom stereocenters. The molecule has 1 aromatic carbocycles. The van der Waals surface area contributed by atoms with E-state index in [1.54, 1.807) is 35.6 Å². The number of carbonyl (C=O) groups excluding carboxylic acids is 2. The van der Waals surface area contributed by atoms with E-state index in [0.717, 1.165) is 48.0 Å². The number of Topliss-reactive ketones (excluding diaryl/α,β-unsaturated/α-hetero) is 1. The average molecular weight is 407 g/mol. The maximum Gasteiger partial charge on any atom is 0.227 e. The molecule has 1 N–H and O–H groups in total. The van der Waals surface area contributed by atoms with Gasteiger partial charge in [-0.3, -0.25) is 9.59 Å². The van der Waals surface area contributed by atoms with Crippen LogP contribution in [0, 0.1) is 5.92 Å². The number of nitrogens with zero attached hydrogens (tertiary/aromatic N) is 3. The molecule has 0 aliphatic carbocycles. The molecule has 1 amide bonds. The summed E-state index contributed by atoms with van der Waals surface area (Å²) in [5, 5.41) is 13.7. The number of hydrogen-bond donors (Lipinski definition) is 1. The van der Waals surface area contributed by atoms with Gasteiger partial charge in [0.1, 0.15) is 5.69 Å². The van der Waals surface area contributed by atoms with Crippen LogP contribution in [0.1, 0.15) is 30.1 Å². The summed E-state index contributed by atoms with van der Waals surface area (Å²) in [5.74, 6) is 0.863. The van der Waals surface area contributed by atoms with Crippen molar-refractivity contribution in [3.05, 3.63) is 59.5 Å². The standard InChI is InChI=1S/C22H22N4O2S/c1-15(27)16-4-6-18(7-5-16)23-22(28)17-10-12-26(13-11-17)21-9-8-19(24-25-21)20-3-2-14-29-20/h2-9,14,17H,10-13H2,1H3,(H,23,28). The predicted molar refractivity (Wildman–Crippen MR) is 115 cm³/mol. The van der Waals surface area contributed by atoms with Crippen LogP contribution >= 0.6 is 11.3 Å². The first-order chi connectivity index (χ1) is 14.1. The molecule has 148 valence electrons. The minimum absolute atomic E-state index is 0.0155. The minimum atomic E-state index is -0.0305. The van der Waals surface area contributed by atoms with Crippen molar-refractivity contribution in [3.8, 4) is 10.6 Å². The first-order valence-corrected chi connectivity index (χ1v) is 10.5. The van der Waals surface area contributed by atoms with E-state index in [-0.39, 0.29) is 17.6 Å². The lowest BCUT2D eigenvalue weighted by Gasteiger charge is -2.31. The van der Waals surface area contributed by atoms with Crippen molar-refractivity contribution in [2.45, 2.75) is 19.8 Å². The van der Waals surface area contributed by atoms with Gasteiger partial charge in [0.15, 0.2) is 11.6 Å². The number of anilines is 2. The van der Waals surface area contributed by atoms with Crippen molar-refractivity contribution >= 4 is 34.5 Å². The van der Waals surface area contributed by atoms with Crippen LogP contribution in [0.4, 0.5) is 11.5 Å². The van der Waals surface area contributed by atoms with E-state index in [1.165, 1.54) is 6.92 Å². The lowest BCUT2D eigenvalue weighted by Crippen LogP contribution is -2.38. The van der Waals surface area contributed by atoms with Crippen LogP contribution < -0.4 is 10.2 Å². The van der Waals surface area contributed by atoms with Crippen LogP contribution in [0.5, 0.6) is 0 Å². The Morgan fingerprint density at radius 3 is 2.38 bits per heavy atom. The molecule has 1 saturated heterocycles. The summed E-state index contributed by atoms with van der Waals surface area (Å²) < 4.78 is 0. The number of ketones is 1. The third kappa shape index (κ3) is 4.51. The van der Waals surface area contributed by atoms with E-state index in [9.17, 15) is 9.59 Å². The first kappa shape index (κ1) is 19.3. The van der Waals surface area contributed by atoms with Gasteiger partial charge in [0.25, 0.3) is 0 Å². The largest absolute Gasteiger partial charge is 0.355 e. The Labute approximate surface area is 173 Å². The maximum atomic E-state index is 12.6. The van der Waals surface area contributed by atoms with E-state index < -0.39 is 0 Å². The Morgan fingerprint density at radius 1 is 1.03 bits per heavy atom. The molecule has 2 aromatic heterocycles. The topological polar surface area (TPSA) is 75.2 Å². The first-order valence-electron chi connectivity index (χ1n) is 9.64. The van der Waals surface area contributed by atoms with E-state index in [2.05, 4.69) is 20.4 Å². The minimum Gasteiger partial charge on any atom is -0.355 e. The third-order valence-electron chi connectivity index (χ3n) is 5.17. The number of carbonyl (C=O) groups is 2. The molecule has 0 atom stereocenters. The van der Waals surface area contributed by atoms with Gasteiger partial charge in [-0.25, -0.2) is 0 Å². The summed E-state index contributed by atoms with van der Waals surface area (Å²) in [6, 6.07) is 15.0. The second-order valence-corrected chi connectivity index (χ2v) is 8.09. The molecular formula is C22H22N4O2S. The van der Waals surface area contributed by atoms with Crippen LogP contribution in [-0.4, -0.2) is 35.0 Å². The summed E-state index contributed by atoms with van der Waals surface area (Å²) >= 11 is 1.65. The van der Waals surface area contributed by atoms with Crippen molar-refractivity contribution in [1.29, 1.82) is 0 Å². The molecule has 0 bridgehead atoms. The Balaban J connectivity index is 1.31. The molecule has 1 fully saturated rings. The van der Waals surface area contributed by atoms with Crippen LogP contribution in [0.2, 0.25) is 0 Å². The highest BCUT2D eigenvalue weighted by atomic mass is 32.1. The summed E-state index contributed by atoms with van der Waals surface area (Å²) in [7, 11) is 0. The zero-order chi connectivity index (χ0) is 20.2. The summed E-state index contributed by atoms with van der Waals surface area (Å²) in [6.45, 7) is 3.07. The van der Waals surface area contributed by atoms with Gasteiger partial charge in [-0.2, -0.15) is 0 Å². The third-order valence-corrected chi connectivity index (χ3v) is 6.07. The lowest BCUT2D eigenvalue weighted by atomic mass is 9.95. The van der Waals surface area contributed by atoms with Gasteiger partial charge in [0, 0.05) is 30.3 Å². The van der Waals surface area contributed by atoms with Crippen LogP contribution in [-0.2, 0) is 4.79 Å². The number of rotatable bonds is 5. The zero-order valence-electron chi connectivity index (χ0n) is 16.2. The molecular weight excluding hydrogens is 384 g/mol. The van der Waals surface area contributed by atoms with E-state index >= 15 is 0 Å². The number of piperidine rings is 1. The smallest absolute Gasteiger partial charge is 0.227 e. The molecule has 7 heteroatoms. The van der Waals surface area contributed by atoms with Crippen molar-refractivity contribution in [3.63, 3.8) is 0 Å². The second kappa shape index (κ2) is 8.53. The van der Waals surface area contributed by atoms with E-state index in [0.29, 0.717) is 5.56 Å². The fourth-order valence-corrected chi connectivity index (χ4v) is 4.14. The highest BCUT2D eigenvalue weighted by Gasteiger charge is 2.26. The normalized spacial score (nSPS) is 14.6. The highest BCUT2D eigenvalue weighted by molar-refractivity contribution is 7.13. The maximum absolute atomic E-state index is 12.6. The average Bonchev–Trinajstić information content (AvgIpc) is 3.29. The second-order valence-electron chi connectivity index (χ2n) is 7.14. The lowest BCUT2D eigenvalue weighted by molar-refractivity contribution is -0.120. The van der Waals surface area contributed by atoms with Gasteiger partial charge in [-0.15, -0.1) is 21.5 Å². The number of thiophene rings is 1. The SMILES string of the molecule is CC(=O)c1ccc(NC(=O)C2CCN(c3ccc(-c4cccs4)nn3)CC2)cc1. The molecule has 0 spiro atoms. The Hall–Kier alpha value is -3.06. The summed E-state index contributed by atoms with van der Waals surface area (Å²) in [4.78, 5) is 27.2. The molecule has 6 nitrogen and oxygen atoms in total. The van der Waals surface area contributed by atoms with E-state index in [1.807, 2.05) is 29.6 Å². The molecule has 3 aromatic rings. The van der Waals surface area contributed by atoms with Gasteiger partial charge in [-0.1, -0.05) is 6.07 Å². The Bertz CT molecular complexity index is 977. The van der Waals surface area contributed by atoms with Crippen LogP contribution in [0.3, 0.4) is 0 Å². The number of amides is 1. The van der Waals surface area contributed by atoms with Gasteiger partial charge in [-0.05, 0) is 67.6 Å². The van der Waals surface area contributed by atoms with E-state index in [4.69, 9.17) is 0 Å². The zero-order valence-corrected chi connectivity index (χ0v) is 17.0. The molecule has 1 aliphatic heterocycles. The molecule has 1 aliphatic rings. The number of hydrogen-bond acceptors (Lipinski definition) is 6. The van der Waals surface area contributed by atoms with Gasteiger partial charge in [0.05, 0.1) is 4.88 Å². The monoisotopic (exact) mass is 406 g/mol.